The van der Waals surface area contributed by atoms with E-state index in [2.05, 4.69) is 69.4 Å². The second-order valence-electron chi connectivity index (χ2n) is 12.0. The predicted molar refractivity (Wildman–Crippen MR) is 178 cm³/mol. The number of rotatable bonds is 11. The van der Waals surface area contributed by atoms with E-state index in [9.17, 15) is 14.4 Å². The van der Waals surface area contributed by atoms with Crippen LogP contribution < -0.4 is 20.9 Å². The number of carbonyl (C=O) groups excluding carboxylic acids is 2. The van der Waals surface area contributed by atoms with E-state index < -0.39 is 11.5 Å². The molecule has 2 amide bonds. The normalized spacial score (nSPS) is 11.7. The molecular formula is C34H38Cl2N4O4. The molecule has 232 valence electrons. The number of carbonyl (C=O) groups is 2. The molecule has 0 aliphatic rings. The molecule has 4 aromatic rings. The Morgan fingerprint density at radius 3 is 2.30 bits per heavy atom. The van der Waals surface area contributed by atoms with Gasteiger partial charge in [0.05, 0.1) is 10.7 Å². The molecule has 0 saturated heterocycles. The van der Waals surface area contributed by atoms with Crippen LogP contribution in [0.25, 0.3) is 5.69 Å². The lowest BCUT2D eigenvalue weighted by Crippen LogP contribution is -2.24. The van der Waals surface area contributed by atoms with Crippen molar-refractivity contribution >= 4 is 46.5 Å². The van der Waals surface area contributed by atoms with E-state index in [1.54, 1.807) is 36.4 Å². The van der Waals surface area contributed by atoms with Crippen molar-refractivity contribution in [3.63, 3.8) is 0 Å². The van der Waals surface area contributed by atoms with Crippen LogP contribution in [0.2, 0.25) is 10.0 Å². The molecule has 1 aromatic heterocycles. The summed E-state index contributed by atoms with van der Waals surface area (Å²) in [5, 5.41) is 9.01. The molecule has 0 radical (unpaired) electrons. The molecule has 0 atom stereocenters. The molecular weight excluding hydrogens is 599 g/mol. The fourth-order valence-electron chi connectivity index (χ4n) is 4.57. The summed E-state index contributed by atoms with van der Waals surface area (Å²) in [6.07, 6.45) is 1.91. The summed E-state index contributed by atoms with van der Waals surface area (Å²) in [7, 11) is 0. The number of nitrogens with zero attached hydrogens (tertiary/aromatic N) is 1. The van der Waals surface area contributed by atoms with Gasteiger partial charge in [-0.05, 0) is 71.7 Å². The molecule has 0 aliphatic carbocycles. The first-order valence-corrected chi connectivity index (χ1v) is 15.3. The lowest BCUT2D eigenvalue weighted by Gasteiger charge is -2.30. The van der Waals surface area contributed by atoms with Crippen molar-refractivity contribution in [2.75, 3.05) is 17.2 Å². The molecule has 3 aromatic carbocycles. The summed E-state index contributed by atoms with van der Waals surface area (Å²) in [4.78, 5) is 38.4. The summed E-state index contributed by atoms with van der Waals surface area (Å²) < 4.78 is 7.24. The third-order valence-electron chi connectivity index (χ3n) is 8.14. The fourth-order valence-corrected chi connectivity index (χ4v) is 5.07. The lowest BCUT2D eigenvalue weighted by molar-refractivity contribution is -0.118. The summed E-state index contributed by atoms with van der Waals surface area (Å²) in [6, 6.07) is 18.7. The van der Waals surface area contributed by atoms with E-state index in [-0.39, 0.29) is 39.7 Å². The highest BCUT2D eigenvalue weighted by atomic mass is 35.5. The van der Waals surface area contributed by atoms with Gasteiger partial charge in [-0.2, -0.15) is 0 Å². The Labute approximate surface area is 267 Å². The second kappa shape index (κ2) is 13.3. The van der Waals surface area contributed by atoms with Gasteiger partial charge in [0.1, 0.15) is 11.6 Å². The lowest BCUT2D eigenvalue weighted by atomic mass is 9.76. The molecule has 4 rings (SSSR count). The Hall–Kier alpha value is -4.01. The van der Waals surface area contributed by atoms with Gasteiger partial charge >= 0.3 is 0 Å². The number of anilines is 2. The molecule has 0 unspecified atom stereocenters. The number of amides is 2. The van der Waals surface area contributed by atoms with Gasteiger partial charge in [0.25, 0.3) is 17.4 Å². The zero-order chi connectivity index (χ0) is 32.2. The minimum Gasteiger partial charge on any atom is -0.483 e. The zero-order valence-corrected chi connectivity index (χ0v) is 27.3. The van der Waals surface area contributed by atoms with Crippen LogP contribution in [0.3, 0.4) is 0 Å². The van der Waals surface area contributed by atoms with Crippen LogP contribution in [0.4, 0.5) is 11.5 Å². The minimum atomic E-state index is -0.477. The van der Waals surface area contributed by atoms with Crippen LogP contribution >= 0.6 is 23.2 Å². The Balaban J connectivity index is 1.43. The van der Waals surface area contributed by atoms with Gasteiger partial charge < -0.3 is 15.4 Å². The van der Waals surface area contributed by atoms with Gasteiger partial charge in [-0.25, -0.2) is 4.68 Å². The molecule has 8 nitrogen and oxygen atoms in total. The van der Waals surface area contributed by atoms with Crippen LogP contribution in [0.1, 0.15) is 75.9 Å². The van der Waals surface area contributed by atoms with E-state index in [4.69, 9.17) is 27.9 Å². The first-order chi connectivity index (χ1) is 20.7. The van der Waals surface area contributed by atoms with Crippen LogP contribution in [-0.2, 0) is 15.6 Å². The molecule has 3 N–H and O–H groups in total. The first kappa shape index (κ1) is 32.9. The largest absolute Gasteiger partial charge is 0.483 e. The molecule has 0 fully saturated rings. The molecule has 1 heterocycles. The molecule has 0 bridgehead atoms. The average molecular weight is 638 g/mol. The number of aromatic nitrogens is 2. The van der Waals surface area contributed by atoms with Crippen molar-refractivity contribution in [2.24, 2.45) is 0 Å². The van der Waals surface area contributed by atoms with Crippen LogP contribution in [0.15, 0.2) is 71.5 Å². The highest BCUT2D eigenvalue weighted by Gasteiger charge is 2.27. The maximum Gasteiger partial charge on any atom is 0.273 e. The highest BCUT2D eigenvalue weighted by Crippen LogP contribution is 2.38. The minimum absolute atomic E-state index is 0.0233. The number of ether oxygens (including phenoxy) is 1. The highest BCUT2D eigenvalue weighted by molar-refractivity contribution is 6.35. The second-order valence-corrected chi connectivity index (χ2v) is 12.8. The van der Waals surface area contributed by atoms with Crippen LogP contribution in [0, 0.1) is 0 Å². The van der Waals surface area contributed by atoms with Crippen molar-refractivity contribution in [1.29, 1.82) is 0 Å². The number of benzene rings is 3. The van der Waals surface area contributed by atoms with Gasteiger partial charge in [-0.3, -0.25) is 19.5 Å². The number of aromatic amines is 1. The summed E-state index contributed by atoms with van der Waals surface area (Å²) >= 11 is 12.2. The van der Waals surface area contributed by atoms with Gasteiger partial charge in [-0.1, -0.05) is 82.9 Å². The maximum absolute atomic E-state index is 13.0. The molecule has 0 saturated carbocycles. The SMILES string of the molecule is CCC(C)(C)c1ccc(OCC(=O)Nc2cccc(C(=O)Nc3cc(=O)n(-c4ccc(Cl)cc4Cl)[nH]3)c2)c(C(C)(C)CC)c1. The number of hydrogen-bond acceptors (Lipinski definition) is 4. The fraction of sp³-hybridized carbons (Fsp3) is 0.324. The van der Waals surface area contributed by atoms with E-state index in [0.717, 1.165) is 18.4 Å². The predicted octanol–water partition coefficient (Wildman–Crippen LogP) is 8.12. The average Bonchev–Trinajstić information content (AvgIpc) is 3.35. The third-order valence-corrected chi connectivity index (χ3v) is 8.68. The Bertz CT molecular complexity index is 1740. The van der Waals surface area contributed by atoms with Gasteiger partial charge in [0.15, 0.2) is 6.61 Å². The summed E-state index contributed by atoms with van der Waals surface area (Å²) in [5.41, 5.74) is 2.87. The van der Waals surface area contributed by atoms with Crippen molar-refractivity contribution in [3.05, 3.63) is 104 Å². The summed E-state index contributed by atoms with van der Waals surface area (Å²) in [5.74, 6) is 0.0149. The Kier molecular flexibility index (Phi) is 9.96. The number of halogens is 2. The standard InChI is InChI=1S/C34H38Cl2N4O4/c1-7-33(3,4)22-12-15-28(25(17-22)34(5,6)8-2)44-20-30(41)37-24-11-9-10-21(16-24)32(43)38-29-19-31(42)40(39-29)27-14-13-23(35)18-26(27)36/h9-19,39H,7-8,20H2,1-6H3,(H,37,41)(H,38,43). The molecule has 0 spiro atoms. The first-order valence-electron chi connectivity index (χ1n) is 14.5. The van der Waals surface area contributed by atoms with Crippen LogP contribution in [0.5, 0.6) is 5.75 Å². The van der Waals surface area contributed by atoms with E-state index >= 15 is 0 Å². The number of nitrogens with one attached hydrogen (secondary N) is 3. The maximum atomic E-state index is 13.0. The van der Waals surface area contributed by atoms with Crippen molar-refractivity contribution in [3.8, 4) is 11.4 Å². The van der Waals surface area contributed by atoms with Gasteiger partial charge in [-0.15, -0.1) is 0 Å². The van der Waals surface area contributed by atoms with Crippen molar-refractivity contribution < 1.29 is 14.3 Å². The molecule has 0 aliphatic heterocycles. The third kappa shape index (κ3) is 7.55. The Morgan fingerprint density at radius 2 is 1.61 bits per heavy atom. The van der Waals surface area contributed by atoms with E-state index in [1.807, 2.05) is 6.07 Å². The van der Waals surface area contributed by atoms with Crippen LogP contribution in [-0.4, -0.2) is 28.2 Å². The zero-order valence-electron chi connectivity index (χ0n) is 25.8. The molecule has 10 heteroatoms. The quantitative estimate of drug-likeness (QED) is 0.155. The Morgan fingerprint density at radius 1 is 0.886 bits per heavy atom. The number of hydrogen-bond donors (Lipinski definition) is 3. The smallest absolute Gasteiger partial charge is 0.273 e. The number of H-pyrrole nitrogens is 1. The monoisotopic (exact) mass is 636 g/mol. The summed E-state index contributed by atoms with van der Waals surface area (Å²) in [6.45, 7) is 12.9. The van der Waals surface area contributed by atoms with Crippen molar-refractivity contribution in [2.45, 2.75) is 65.2 Å². The van der Waals surface area contributed by atoms with E-state index in [0.29, 0.717) is 22.1 Å². The van der Waals surface area contributed by atoms with Gasteiger partial charge in [0.2, 0.25) is 0 Å². The topological polar surface area (TPSA) is 105 Å². The van der Waals surface area contributed by atoms with Gasteiger partial charge in [0, 0.05) is 27.9 Å². The van der Waals surface area contributed by atoms with Crippen molar-refractivity contribution in [1.82, 2.24) is 9.78 Å². The molecule has 44 heavy (non-hydrogen) atoms. The van der Waals surface area contributed by atoms with E-state index in [1.165, 1.54) is 22.4 Å².